The van der Waals surface area contributed by atoms with E-state index in [-0.39, 0.29) is 13.0 Å². The van der Waals surface area contributed by atoms with Gasteiger partial charge in [0.25, 0.3) is 0 Å². The van der Waals surface area contributed by atoms with Gasteiger partial charge >= 0.3 is 0 Å². The third-order valence-electron chi connectivity index (χ3n) is 1.47. The van der Waals surface area contributed by atoms with E-state index in [1.54, 1.807) is 6.92 Å². The predicted molar refractivity (Wildman–Crippen MR) is 38.8 cm³/mol. The maximum Gasteiger partial charge on any atom is 0.206 e. The molecular weight excluding hydrogens is 150 g/mol. The highest BCUT2D eigenvalue weighted by Crippen LogP contribution is 2.02. The first-order valence-corrected chi connectivity index (χ1v) is 3.55. The van der Waals surface area contributed by atoms with Crippen LogP contribution in [0, 0.1) is 10.1 Å². The zero-order valence-electron chi connectivity index (χ0n) is 6.43. The fraction of sp³-hybridized carbons (Fsp3) is 1.00. The summed E-state index contributed by atoms with van der Waals surface area (Å²) in [6.07, 6.45) is -1.37. The van der Waals surface area contributed by atoms with E-state index in [1.807, 2.05) is 0 Å². The van der Waals surface area contributed by atoms with Crippen molar-refractivity contribution in [2.75, 3.05) is 6.54 Å². The Morgan fingerprint density at radius 3 is 2.36 bits per heavy atom. The Morgan fingerprint density at radius 1 is 1.45 bits per heavy atom. The van der Waals surface area contributed by atoms with Crippen LogP contribution in [-0.2, 0) is 0 Å². The van der Waals surface area contributed by atoms with Gasteiger partial charge in [-0.05, 0) is 6.42 Å². The molecule has 0 spiro atoms. The summed E-state index contributed by atoms with van der Waals surface area (Å²) in [5.74, 6) is 0. The van der Waals surface area contributed by atoms with Crippen LogP contribution in [0.15, 0.2) is 0 Å². The molecule has 0 aliphatic heterocycles. The second-order valence-electron chi connectivity index (χ2n) is 2.39. The standard InChI is InChI=1S/C6H13NO4/c1-2-5(8)6(9)3-4-7(10)11/h5-6,8-9H,2-4H2,1H3. The fourth-order valence-electron chi connectivity index (χ4n) is 0.702. The maximum absolute atomic E-state index is 9.83. The zero-order chi connectivity index (χ0) is 8.85. The Labute approximate surface area is 64.8 Å². The third-order valence-corrected chi connectivity index (χ3v) is 1.47. The van der Waals surface area contributed by atoms with Crippen molar-refractivity contribution >= 4 is 0 Å². The molecule has 2 atom stereocenters. The number of nitrogens with zero attached hydrogens (tertiary/aromatic N) is 1. The van der Waals surface area contributed by atoms with Crippen LogP contribution in [-0.4, -0.2) is 33.9 Å². The van der Waals surface area contributed by atoms with Crippen LogP contribution in [0.25, 0.3) is 0 Å². The Hall–Kier alpha value is -0.680. The van der Waals surface area contributed by atoms with Crippen molar-refractivity contribution in [3.05, 3.63) is 10.1 Å². The van der Waals surface area contributed by atoms with E-state index in [9.17, 15) is 10.1 Å². The molecule has 0 fully saturated rings. The molecule has 0 aliphatic carbocycles. The van der Waals surface area contributed by atoms with E-state index >= 15 is 0 Å². The Balaban J connectivity index is 3.51. The van der Waals surface area contributed by atoms with Crippen LogP contribution >= 0.6 is 0 Å². The van der Waals surface area contributed by atoms with Gasteiger partial charge < -0.3 is 10.2 Å². The van der Waals surface area contributed by atoms with Crippen molar-refractivity contribution in [1.82, 2.24) is 0 Å². The summed E-state index contributed by atoms with van der Waals surface area (Å²) in [6.45, 7) is 1.41. The molecular formula is C6H13NO4. The number of hydrogen-bond donors (Lipinski definition) is 2. The minimum absolute atomic E-state index is 0.0159. The van der Waals surface area contributed by atoms with Crippen LogP contribution in [0.1, 0.15) is 19.8 Å². The molecule has 0 radical (unpaired) electrons. The van der Waals surface area contributed by atoms with Crippen molar-refractivity contribution in [3.8, 4) is 0 Å². The van der Waals surface area contributed by atoms with Crippen LogP contribution in [0.2, 0.25) is 0 Å². The van der Waals surface area contributed by atoms with Crippen molar-refractivity contribution < 1.29 is 15.1 Å². The van der Waals surface area contributed by atoms with Gasteiger partial charge in [-0.2, -0.15) is 0 Å². The van der Waals surface area contributed by atoms with Crippen molar-refractivity contribution in [2.45, 2.75) is 32.0 Å². The molecule has 5 heteroatoms. The lowest BCUT2D eigenvalue weighted by Gasteiger charge is -2.13. The van der Waals surface area contributed by atoms with E-state index in [0.29, 0.717) is 6.42 Å². The van der Waals surface area contributed by atoms with E-state index in [4.69, 9.17) is 10.2 Å². The summed E-state index contributed by atoms with van der Waals surface area (Å²) in [6, 6.07) is 0. The smallest absolute Gasteiger partial charge is 0.206 e. The van der Waals surface area contributed by atoms with E-state index in [2.05, 4.69) is 0 Å². The van der Waals surface area contributed by atoms with E-state index in [0.717, 1.165) is 0 Å². The number of aliphatic hydroxyl groups excluding tert-OH is 2. The van der Waals surface area contributed by atoms with E-state index < -0.39 is 17.1 Å². The SMILES string of the molecule is CCC(O)C(O)CC[N+](=O)[O-]. The molecule has 0 amide bonds. The monoisotopic (exact) mass is 163 g/mol. The lowest BCUT2D eigenvalue weighted by molar-refractivity contribution is -0.482. The summed E-state index contributed by atoms with van der Waals surface area (Å²) in [5.41, 5.74) is 0. The zero-order valence-corrected chi connectivity index (χ0v) is 6.43. The molecule has 2 unspecified atom stereocenters. The van der Waals surface area contributed by atoms with Gasteiger partial charge in [0.1, 0.15) is 0 Å². The fourth-order valence-corrected chi connectivity index (χ4v) is 0.702. The molecule has 5 nitrogen and oxygen atoms in total. The van der Waals surface area contributed by atoms with E-state index in [1.165, 1.54) is 0 Å². The van der Waals surface area contributed by atoms with Crippen LogP contribution < -0.4 is 0 Å². The molecule has 0 aromatic carbocycles. The van der Waals surface area contributed by atoms with Crippen molar-refractivity contribution in [2.24, 2.45) is 0 Å². The van der Waals surface area contributed by atoms with Gasteiger partial charge in [-0.3, -0.25) is 10.1 Å². The second-order valence-corrected chi connectivity index (χ2v) is 2.39. The average Bonchev–Trinajstić information content (AvgIpc) is 1.98. The topological polar surface area (TPSA) is 83.6 Å². The van der Waals surface area contributed by atoms with Gasteiger partial charge in [-0.15, -0.1) is 0 Å². The van der Waals surface area contributed by atoms with Crippen molar-refractivity contribution in [3.63, 3.8) is 0 Å². The van der Waals surface area contributed by atoms with Crippen LogP contribution in [0.5, 0.6) is 0 Å². The highest BCUT2D eigenvalue weighted by Gasteiger charge is 2.15. The maximum atomic E-state index is 9.83. The van der Waals surface area contributed by atoms with Crippen molar-refractivity contribution in [1.29, 1.82) is 0 Å². The van der Waals surface area contributed by atoms with Crippen LogP contribution in [0.4, 0.5) is 0 Å². The molecule has 0 saturated heterocycles. The number of aliphatic hydroxyl groups is 2. The van der Waals surface area contributed by atoms with Gasteiger partial charge in [-0.1, -0.05) is 6.92 Å². The average molecular weight is 163 g/mol. The van der Waals surface area contributed by atoms with Gasteiger partial charge in [0, 0.05) is 11.3 Å². The quantitative estimate of drug-likeness (QED) is 0.433. The molecule has 66 valence electrons. The minimum atomic E-state index is -0.967. The Bertz CT molecular complexity index is 128. The third kappa shape index (κ3) is 4.69. The lowest BCUT2D eigenvalue weighted by Crippen LogP contribution is -2.27. The van der Waals surface area contributed by atoms with Crippen LogP contribution in [0.3, 0.4) is 0 Å². The molecule has 0 aliphatic rings. The predicted octanol–water partition coefficient (Wildman–Crippen LogP) is -0.215. The van der Waals surface area contributed by atoms with Gasteiger partial charge in [0.2, 0.25) is 6.54 Å². The molecule has 0 rings (SSSR count). The molecule has 11 heavy (non-hydrogen) atoms. The molecule has 0 heterocycles. The normalized spacial score (nSPS) is 15.9. The number of hydrogen-bond acceptors (Lipinski definition) is 4. The Morgan fingerprint density at radius 2 is 2.00 bits per heavy atom. The minimum Gasteiger partial charge on any atom is -0.390 e. The summed E-state index contributed by atoms with van der Waals surface area (Å²) in [5, 5.41) is 27.8. The van der Waals surface area contributed by atoms with Gasteiger partial charge in [0.15, 0.2) is 0 Å². The van der Waals surface area contributed by atoms with Gasteiger partial charge in [0.05, 0.1) is 12.2 Å². The largest absolute Gasteiger partial charge is 0.390 e. The molecule has 2 N–H and O–H groups in total. The Kier molecular flexibility index (Phi) is 4.72. The number of rotatable bonds is 5. The highest BCUT2D eigenvalue weighted by atomic mass is 16.6. The summed E-state index contributed by atoms with van der Waals surface area (Å²) < 4.78 is 0. The first-order valence-electron chi connectivity index (χ1n) is 3.55. The summed E-state index contributed by atoms with van der Waals surface area (Å²) >= 11 is 0. The number of nitro groups is 1. The highest BCUT2D eigenvalue weighted by molar-refractivity contribution is 4.64. The molecule has 0 aromatic rings. The first-order chi connectivity index (χ1) is 5.07. The van der Waals surface area contributed by atoms with Gasteiger partial charge in [-0.25, -0.2) is 0 Å². The summed E-state index contributed by atoms with van der Waals surface area (Å²) in [7, 11) is 0. The first kappa shape index (κ1) is 10.3. The molecule has 0 aromatic heterocycles. The molecule has 0 saturated carbocycles. The lowest BCUT2D eigenvalue weighted by atomic mass is 10.1. The second kappa shape index (κ2) is 5.03. The molecule has 0 bridgehead atoms. The summed E-state index contributed by atoms with van der Waals surface area (Å²) in [4.78, 5) is 9.32.